The van der Waals surface area contributed by atoms with Crippen molar-refractivity contribution in [2.75, 3.05) is 0 Å². The van der Waals surface area contributed by atoms with E-state index < -0.39 is 36.4 Å². The van der Waals surface area contributed by atoms with Crippen molar-refractivity contribution in [2.45, 2.75) is 33.5 Å². The zero-order valence-corrected chi connectivity index (χ0v) is 9.33. The number of nitrogens with one attached hydrogen (secondary N) is 2. The summed E-state index contributed by atoms with van der Waals surface area (Å²) >= 11 is 4.67. The molecule has 1 rings (SSSR count). The lowest BCUT2D eigenvalue weighted by Crippen LogP contribution is -2.64. The fourth-order valence-electron chi connectivity index (χ4n) is 1.53. The van der Waals surface area contributed by atoms with Gasteiger partial charge in [0.05, 0.1) is 0 Å². The molecule has 2 amide bonds. The van der Waals surface area contributed by atoms with Crippen LogP contribution in [-0.4, -0.2) is 16.9 Å². The van der Waals surface area contributed by atoms with Crippen LogP contribution in [0, 0.1) is 11.3 Å². The van der Waals surface area contributed by atoms with Crippen LogP contribution in [0.15, 0.2) is 0 Å². The van der Waals surface area contributed by atoms with Crippen molar-refractivity contribution in [3.63, 3.8) is 0 Å². The Labute approximate surface area is 102 Å². The topological polar surface area (TPSA) is 58.2 Å². The van der Waals surface area contributed by atoms with Gasteiger partial charge in [-0.3, -0.25) is 9.59 Å². The number of hydrogen-bond acceptors (Lipinski definition) is 3. The maximum atomic E-state index is 12.3. The second-order valence-electron chi connectivity index (χ2n) is 3.48. The van der Waals surface area contributed by atoms with Gasteiger partial charge in [0.1, 0.15) is 5.41 Å². The van der Waals surface area contributed by atoms with Crippen molar-refractivity contribution in [1.29, 1.82) is 0 Å². The zero-order valence-electron chi connectivity index (χ0n) is 13.5. The SMILES string of the molecule is [2H]C([2H])([2H])C([2H])([2H])C1(C(C)CC)C(=O)NC(=S)NC1=O. The second kappa shape index (κ2) is 4.26. The van der Waals surface area contributed by atoms with Crippen LogP contribution >= 0.6 is 12.2 Å². The van der Waals surface area contributed by atoms with Crippen LogP contribution in [0.3, 0.4) is 0 Å². The highest BCUT2D eigenvalue weighted by Crippen LogP contribution is 2.35. The maximum absolute atomic E-state index is 12.3. The zero-order chi connectivity index (χ0) is 15.9. The third-order valence-corrected chi connectivity index (χ3v) is 2.92. The molecule has 1 aliphatic heterocycles. The molecule has 84 valence electrons. The number of hydrogen-bond donors (Lipinski definition) is 2. The van der Waals surface area contributed by atoms with Gasteiger partial charge in [-0.15, -0.1) is 0 Å². The summed E-state index contributed by atoms with van der Waals surface area (Å²) in [5, 5.41) is 4.08. The van der Waals surface area contributed by atoms with E-state index >= 15 is 0 Å². The van der Waals surface area contributed by atoms with Crippen LogP contribution < -0.4 is 10.6 Å². The first-order valence-electron chi connectivity index (χ1n) is 7.09. The highest BCUT2D eigenvalue weighted by Gasteiger charge is 2.51. The van der Waals surface area contributed by atoms with Gasteiger partial charge in [0.25, 0.3) is 0 Å². The van der Waals surface area contributed by atoms with Crippen LogP contribution in [0.4, 0.5) is 0 Å². The highest BCUT2D eigenvalue weighted by atomic mass is 32.1. The molecule has 0 aromatic rings. The average molecular weight is 233 g/mol. The smallest absolute Gasteiger partial charge is 0.242 e. The number of rotatable bonds is 3. The molecule has 1 heterocycles. The molecule has 5 heteroatoms. The Morgan fingerprint density at radius 3 is 2.47 bits per heavy atom. The number of carbonyl (C=O) groups is 2. The van der Waals surface area contributed by atoms with E-state index in [2.05, 4.69) is 22.9 Å². The Kier molecular flexibility index (Phi) is 1.87. The fourth-order valence-corrected chi connectivity index (χ4v) is 1.71. The van der Waals surface area contributed by atoms with Crippen molar-refractivity contribution in [2.24, 2.45) is 11.3 Å². The van der Waals surface area contributed by atoms with Crippen molar-refractivity contribution in [1.82, 2.24) is 10.6 Å². The normalized spacial score (nSPS) is 28.7. The Bertz CT molecular complexity index is 443. The minimum absolute atomic E-state index is 0.250. The number of amides is 2. The Morgan fingerprint density at radius 1 is 1.53 bits per heavy atom. The Morgan fingerprint density at radius 2 is 2.07 bits per heavy atom. The lowest BCUT2D eigenvalue weighted by atomic mass is 9.70. The highest BCUT2D eigenvalue weighted by molar-refractivity contribution is 7.80. The predicted octanol–water partition coefficient (Wildman–Crippen LogP) is 0.960. The van der Waals surface area contributed by atoms with E-state index in [-0.39, 0.29) is 11.5 Å². The minimum Gasteiger partial charge on any atom is -0.302 e. The summed E-state index contributed by atoms with van der Waals surface area (Å²) in [5.41, 5.74) is -2.35. The summed E-state index contributed by atoms with van der Waals surface area (Å²) in [5.74, 6) is -2.84. The summed E-state index contributed by atoms with van der Waals surface area (Å²) in [6.07, 6.45) is -2.77. The van der Waals surface area contributed by atoms with Gasteiger partial charge < -0.3 is 10.6 Å². The summed E-state index contributed by atoms with van der Waals surface area (Å²) in [4.78, 5) is 24.6. The van der Waals surface area contributed by atoms with Gasteiger partial charge in [0.2, 0.25) is 11.8 Å². The molecule has 0 aromatic heterocycles. The first kappa shape index (κ1) is 6.58. The molecule has 1 saturated heterocycles. The standard InChI is InChI=1S/C10H16N2O2S/c1-4-6(3)10(5-2)7(13)11-9(15)12-8(10)14/h6H,4-5H2,1-3H3,(H2,11,12,13,14,15)/i2D3,5D2. The van der Waals surface area contributed by atoms with E-state index in [1.54, 1.807) is 6.92 Å². The molecule has 4 nitrogen and oxygen atoms in total. The van der Waals surface area contributed by atoms with E-state index in [4.69, 9.17) is 6.85 Å². The largest absolute Gasteiger partial charge is 0.302 e. The first-order chi connectivity index (χ1) is 8.92. The molecule has 1 fully saturated rings. The fraction of sp³-hybridized carbons (Fsp3) is 0.700. The molecule has 0 bridgehead atoms. The lowest BCUT2D eigenvalue weighted by Gasteiger charge is -2.38. The quantitative estimate of drug-likeness (QED) is 0.564. The number of carbonyl (C=O) groups excluding carboxylic acids is 2. The van der Waals surface area contributed by atoms with Gasteiger partial charge in [-0.1, -0.05) is 27.1 Å². The second-order valence-corrected chi connectivity index (χ2v) is 3.89. The molecule has 0 saturated carbocycles. The molecule has 1 aliphatic rings. The monoisotopic (exact) mass is 233 g/mol. The Balaban J connectivity index is 3.57. The molecule has 1 atom stereocenters. The van der Waals surface area contributed by atoms with E-state index in [1.165, 1.54) is 6.92 Å². The molecular formula is C10H16N2O2S. The molecule has 0 aliphatic carbocycles. The molecule has 15 heavy (non-hydrogen) atoms. The van der Waals surface area contributed by atoms with E-state index in [1.807, 2.05) is 0 Å². The van der Waals surface area contributed by atoms with Crippen LogP contribution in [0.1, 0.15) is 40.3 Å². The van der Waals surface area contributed by atoms with Gasteiger partial charge in [-0.05, 0) is 24.5 Å². The molecule has 0 radical (unpaired) electrons. The van der Waals surface area contributed by atoms with Crippen LogP contribution in [0.2, 0.25) is 0 Å². The molecule has 2 N–H and O–H groups in total. The number of thiocarbonyl (C=S) groups is 1. The van der Waals surface area contributed by atoms with Gasteiger partial charge >= 0.3 is 0 Å². The van der Waals surface area contributed by atoms with Crippen molar-refractivity contribution in [3.05, 3.63) is 0 Å². The maximum Gasteiger partial charge on any atom is 0.242 e. The molecular weight excluding hydrogens is 212 g/mol. The minimum atomic E-state index is -3.13. The molecule has 0 spiro atoms. The first-order valence-corrected chi connectivity index (χ1v) is 5.00. The van der Waals surface area contributed by atoms with Crippen molar-refractivity contribution < 1.29 is 16.4 Å². The van der Waals surface area contributed by atoms with Gasteiger partial charge in [0, 0.05) is 6.85 Å². The third-order valence-electron chi connectivity index (χ3n) is 2.72. The van der Waals surface area contributed by atoms with E-state index in [0.29, 0.717) is 0 Å². The van der Waals surface area contributed by atoms with Crippen molar-refractivity contribution in [3.8, 4) is 0 Å². The van der Waals surface area contributed by atoms with E-state index in [9.17, 15) is 9.59 Å². The summed E-state index contributed by atoms with van der Waals surface area (Å²) in [6, 6.07) is 0. The van der Waals surface area contributed by atoms with Gasteiger partial charge in [-0.25, -0.2) is 0 Å². The van der Waals surface area contributed by atoms with Crippen LogP contribution in [0.25, 0.3) is 0 Å². The summed E-state index contributed by atoms with van der Waals surface area (Å²) in [6.45, 7) is -0.0172. The van der Waals surface area contributed by atoms with E-state index in [0.717, 1.165) is 0 Å². The summed E-state index contributed by atoms with van der Waals surface area (Å²) in [7, 11) is 0. The van der Waals surface area contributed by atoms with Gasteiger partial charge in [-0.2, -0.15) is 0 Å². The van der Waals surface area contributed by atoms with Crippen molar-refractivity contribution >= 4 is 29.1 Å². The summed E-state index contributed by atoms with van der Waals surface area (Å²) < 4.78 is 37.9. The third kappa shape index (κ3) is 1.76. The molecule has 1 unspecified atom stereocenters. The van der Waals surface area contributed by atoms with Crippen LogP contribution in [0.5, 0.6) is 0 Å². The average Bonchev–Trinajstić information content (AvgIpc) is 2.25. The van der Waals surface area contributed by atoms with Gasteiger partial charge in [0.15, 0.2) is 5.11 Å². The lowest BCUT2D eigenvalue weighted by molar-refractivity contribution is -0.147. The predicted molar refractivity (Wildman–Crippen MR) is 61.1 cm³/mol. The van der Waals surface area contributed by atoms with Crippen LogP contribution in [-0.2, 0) is 9.59 Å². The Hall–Kier alpha value is -0.970. The molecule has 0 aromatic carbocycles.